The summed E-state index contributed by atoms with van der Waals surface area (Å²) in [7, 11) is 0. The maximum Gasteiger partial charge on any atom is 0.320 e. The molecule has 1 aliphatic carbocycles. The van der Waals surface area contributed by atoms with E-state index in [0.717, 1.165) is 0 Å². The third kappa shape index (κ3) is 3.87. The highest BCUT2D eigenvalue weighted by molar-refractivity contribution is 5.86. The number of rotatable bonds is 6. The summed E-state index contributed by atoms with van der Waals surface area (Å²) < 4.78 is 56.9. The molecule has 0 saturated heterocycles. The van der Waals surface area contributed by atoms with Crippen LogP contribution in [0.1, 0.15) is 6.42 Å². The van der Waals surface area contributed by atoms with Crippen LogP contribution >= 0.6 is 0 Å². The zero-order valence-electron chi connectivity index (χ0n) is 9.98. The van der Waals surface area contributed by atoms with Gasteiger partial charge in [0.05, 0.1) is 0 Å². The van der Waals surface area contributed by atoms with Gasteiger partial charge in [0, 0.05) is 6.42 Å². The quantitative estimate of drug-likeness (QED) is 0.717. The van der Waals surface area contributed by atoms with Crippen LogP contribution in [0.3, 0.4) is 0 Å². The fourth-order valence-corrected chi connectivity index (χ4v) is 1.40. The molecule has 0 radical (unpaired) electrons. The maximum atomic E-state index is 13.3. The number of carboxylic acid groups (broad SMARTS) is 1. The van der Waals surface area contributed by atoms with Gasteiger partial charge in [-0.25, -0.2) is 8.78 Å². The maximum absolute atomic E-state index is 13.3. The molecule has 112 valence electrons. The second-order valence-corrected chi connectivity index (χ2v) is 4.08. The van der Waals surface area contributed by atoms with Crippen LogP contribution < -0.4 is 5.73 Å². The summed E-state index contributed by atoms with van der Waals surface area (Å²) in [5.41, 5.74) is 5.05. The van der Waals surface area contributed by atoms with Crippen LogP contribution in [0.15, 0.2) is 23.8 Å². The third-order valence-corrected chi connectivity index (χ3v) is 2.44. The van der Waals surface area contributed by atoms with E-state index in [0.29, 0.717) is 0 Å². The first-order valence-electron chi connectivity index (χ1n) is 5.39. The van der Waals surface area contributed by atoms with Crippen molar-refractivity contribution in [1.29, 1.82) is 0 Å². The molecule has 0 spiro atoms. The summed E-state index contributed by atoms with van der Waals surface area (Å²) in [6.45, 7) is -1.00. The Morgan fingerprint density at radius 1 is 1.45 bits per heavy atom. The molecule has 0 aromatic carbocycles. The van der Waals surface area contributed by atoms with Crippen molar-refractivity contribution in [3.8, 4) is 0 Å². The van der Waals surface area contributed by atoms with Gasteiger partial charge in [0.2, 0.25) is 0 Å². The summed E-state index contributed by atoms with van der Waals surface area (Å²) >= 11 is 0. The first kappa shape index (κ1) is 16.3. The minimum absolute atomic E-state index is 0.115. The molecule has 2 atom stereocenters. The summed E-state index contributed by atoms with van der Waals surface area (Å²) in [6, 6.07) is -1.52. The third-order valence-electron chi connectivity index (χ3n) is 2.44. The van der Waals surface area contributed by atoms with Crippen molar-refractivity contribution in [3.05, 3.63) is 23.8 Å². The minimum atomic E-state index is -3.81. The Kier molecular flexibility index (Phi) is 5.01. The van der Waals surface area contributed by atoms with E-state index in [1.807, 2.05) is 0 Å². The Hall–Kier alpha value is -1.74. The van der Waals surface area contributed by atoms with Crippen LogP contribution in [0, 0.1) is 0 Å². The van der Waals surface area contributed by atoms with Gasteiger partial charge in [0.15, 0.2) is 23.5 Å². The lowest BCUT2D eigenvalue weighted by Crippen LogP contribution is -2.39. The molecule has 0 aromatic rings. The highest BCUT2D eigenvalue weighted by atomic mass is 19.3. The number of carbonyl (C=O) groups is 2. The number of halogens is 4. The van der Waals surface area contributed by atoms with Crippen molar-refractivity contribution in [2.45, 2.75) is 24.5 Å². The van der Waals surface area contributed by atoms with Crippen molar-refractivity contribution in [1.82, 2.24) is 0 Å². The lowest BCUT2D eigenvalue weighted by molar-refractivity contribution is -0.143. The second kappa shape index (κ2) is 6.14. The van der Waals surface area contributed by atoms with Crippen LogP contribution in [0.4, 0.5) is 17.6 Å². The number of aliphatic carboxylic acids is 1. The first-order valence-corrected chi connectivity index (χ1v) is 5.39. The summed E-state index contributed by atoms with van der Waals surface area (Å²) in [5, 5.41) is 8.44. The number of allylic oxidation sites excluding steroid dienone is 2. The predicted octanol–water partition coefficient (Wildman–Crippen LogP) is 1.10. The number of ketones is 1. The SMILES string of the molecule is NC(CC(=O)COC1C(F)=C(F)C=CC1(F)F)C(=O)O. The van der Waals surface area contributed by atoms with Gasteiger partial charge in [-0.05, 0) is 12.2 Å². The zero-order chi connectivity index (χ0) is 15.5. The number of carboxylic acids is 1. The molecule has 2 unspecified atom stereocenters. The van der Waals surface area contributed by atoms with E-state index < -0.39 is 54.5 Å². The summed E-state index contributed by atoms with van der Waals surface area (Å²) in [4.78, 5) is 21.6. The monoisotopic (exact) mass is 297 g/mol. The molecule has 0 bridgehead atoms. The van der Waals surface area contributed by atoms with Crippen LogP contribution in [0.25, 0.3) is 0 Å². The molecular weight excluding hydrogens is 286 g/mol. The molecule has 20 heavy (non-hydrogen) atoms. The van der Waals surface area contributed by atoms with E-state index in [9.17, 15) is 27.2 Å². The number of alkyl halides is 2. The Labute approximate surface area is 110 Å². The number of ether oxygens (including phenoxy) is 1. The molecule has 0 aliphatic heterocycles. The van der Waals surface area contributed by atoms with Crippen molar-refractivity contribution in [2.75, 3.05) is 6.61 Å². The van der Waals surface area contributed by atoms with E-state index in [-0.39, 0.29) is 12.2 Å². The van der Waals surface area contributed by atoms with Crippen LogP contribution in [0.5, 0.6) is 0 Å². The molecule has 0 fully saturated rings. The second-order valence-electron chi connectivity index (χ2n) is 4.08. The lowest BCUT2D eigenvalue weighted by Gasteiger charge is -2.25. The Balaban J connectivity index is 2.62. The Morgan fingerprint density at radius 2 is 2.05 bits per heavy atom. The van der Waals surface area contributed by atoms with Gasteiger partial charge in [-0.2, -0.15) is 8.78 Å². The van der Waals surface area contributed by atoms with E-state index in [1.54, 1.807) is 0 Å². The molecule has 0 aromatic heterocycles. The smallest absolute Gasteiger partial charge is 0.320 e. The summed E-state index contributed by atoms with van der Waals surface area (Å²) in [6.07, 6.45) is -2.85. The average Bonchev–Trinajstić information content (AvgIpc) is 2.33. The van der Waals surface area contributed by atoms with Gasteiger partial charge < -0.3 is 15.6 Å². The average molecular weight is 297 g/mol. The molecule has 9 heteroatoms. The number of Topliss-reactive ketones (excluding diaryl/α,β-unsaturated/α-hetero) is 1. The Bertz CT molecular complexity index is 475. The number of hydrogen-bond acceptors (Lipinski definition) is 4. The topological polar surface area (TPSA) is 89.6 Å². The largest absolute Gasteiger partial charge is 0.480 e. The molecular formula is C11H11F4NO4. The van der Waals surface area contributed by atoms with E-state index in [2.05, 4.69) is 4.74 Å². The van der Waals surface area contributed by atoms with Crippen LogP contribution in [-0.2, 0) is 14.3 Å². The van der Waals surface area contributed by atoms with Gasteiger partial charge in [0.1, 0.15) is 12.6 Å². The summed E-state index contributed by atoms with van der Waals surface area (Å²) in [5.74, 6) is -9.53. The molecule has 3 N–H and O–H groups in total. The van der Waals surface area contributed by atoms with Gasteiger partial charge in [-0.1, -0.05) is 0 Å². The predicted molar refractivity (Wildman–Crippen MR) is 58.3 cm³/mol. The molecule has 1 rings (SSSR count). The number of hydrogen-bond donors (Lipinski definition) is 2. The fourth-order valence-electron chi connectivity index (χ4n) is 1.40. The lowest BCUT2D eigenvalue weighted by atomic mass is 10.1. The van der Waals surface area contributed by atoms with Crippen LogP contribution in [0.2, 0.25) is 0 Å². The first-order chi connectivity index (χ1) is 9.15. The van der Waals surface area contributed by atoms with Gasteiger partial charge in [-0.15, -0.1) is 0 Å². The zero-order valence-corrected chi connectivity index (χ0v) is 9.98. The standard InChI is InChI=1S/C11H11F4NO4/c12-6-1-2-11(14,15)9(8(6)13)20-4-5(17)3-7(16)10(18)19/h1-2,7,9H,3-4,16H2,(H,18,19). The Morgan fingerprint density at radius 3 is 2.60 bits per heavy atom. The molecule has 0 saturated carbocycles. The van der Waals surface area contributed by atoms with E-state index in [4.69, 9.17) is 10.8 Å². The van der Waals surface area contributed by atoms with E-state index >= 15 is 0 Å². The highest BCUT2D eigenvalue weighted by Gasteiger charge is 2.45. The normalized spacial score (nSPS) is 22.8. The minimum Gasteiger partial charge on any atom is -0.480 e. The van der Waals surface area contributed by atoms with Gasteiger partial charge >= 0.3 is 5.97 Å². The van der Waals surface area contributed by atoms with Crippen molar-refractivity contribution >= 4 is 11.8 Å². The van der Waals surface area contributed by atoms with Crippen molar-refractivity contribution < 1.29 is 37.0 Å². The molecule has 0 heterocycles. The van der Waals surface area contributed by atoms with E-state index in [1.165, 1.54) is 0 Å². The molecule has 5 nitrogen and oxygen atoms in total. The van der Waals surface area contributed by atoms with Gasteiger partial charge in [-0.3, -0.25) is 9.59 Å². The van der Waals surface area contributed by atoms with Crippen molar-refractivity contribution in [2.24, 2.45) is 5.73 Å². The molecule has 0 amide bonds. The highest BCUT2D eigenvalue weighted by Crippen LogP contribution is 2.35. The number of nitrogens with two attached hydrogens (primary N) is 1. The fraction of sp³-hybridized carbons (Fsp3) is 0.455. The number of carbonyl (C=O) groups excluding carboxylic acids is 1. The molecule has 1 aliphatic rings. The van der Waals surface area contributed by atoms with Gasteiger partial charge in [0.25, 0.3) is 5.92 Å². The van der Waals surface area contributed by atoms with Crippen molar-refractivity contribution in [3.63, 3.8) is 0 Å². The van der Waals surface area contributed by atoms with Crippen LogP contribution in [-0.4, -0.2) is 41.5 Å².